The molecule has 29 heavy (non-hydrogen) atoms. The summed E-state index contributed by atoms with van der Waals surface area (Å²) in [6.07, 6.45) is 0.558. The molecular weight excluding hydrogens is 392 g/mol. The van der Waals surface area contributed by atoms with Gasteiger partial charge in [0, 0.05) is 29.7 Å². The third-order valence-electron chi connectivity index (χ3n) is 4.38. The average molecular weight is 409 g/mol. The van der Waals surface area contributed by atoms with Crippen LogP contribution in [0.2, 0.25) is 5.02 Å². The minimum absolute atomic E-state index is 0.226. The number of hydrogen-bond acceptors (Lipinski definition) is 6. The number of rotatable bonds is 6. The van der Waals surface area contributed by atoms with Gasteiger partial charge in [0.15, 0.2) is 0 Å². The summed E-state index contributed by atoms with van der Waals surface area (Å²) in [4.78, 5) is 17.0. The molecule has 2 aromatic carbocycles. The molecule has 0 bridgehead atoms. The number of aromatic nitrogens is 5. The molecule has 0 fully saturated rings. The highest BCUT2D eigenvalue weighted by molar-refractivity contribution is 6.33. The third-order valence-corrected chi connectivity index (χ3v) is 4.69. The zero-order chi connectivity index (χ0) is 20.2. The van der Waals surface area contributed by atoms with Crippen molar-refractivity contribution in [2.24, 2.45) is 0 Å². The second-order valence-electron chi connectivity index (χ2n) is 6.32. The van der Waals surface area contributed by atoms with E-state index in [1.165, 1.54) is 0 Å². The number of H-pyrrole nitrogens is 1. The van der Waals surface area contributed by atoms with Gasteiger partial charge in [0.25, 0.3) is 5.91 Å². The largest absolute Gasteiger partial charge is 0.441 e. The molecule has 9 heteroatoms. The molecule has 4 rings (SSSR count). The molecule has 0 aliphatic carbocycles. The summed E-state index contributed by atoms with van der Waals surface area (Å²) in [5.41, 5.74) is 2.78. The Kier molecular flexibility index (Phi) is 5.35. The maximum Gasteiger partial charge on any atom is 0.251 e. The van der Waals surface area contributed by atoms with Crippen LogP contribution in [0.25, 0.3) is 22.8 Å². The molecule has 0 aliphatic rings. The van der Waals surface area contributed by atoms with E-state index in [9.17, 15) is 4.79 Å². The van der Waals surface area contributed by atoms with Crippen LogP contribution >= 0.6 is 11.6 Å². The molecule has 0 unspecified atom stereocenters. The van der Waals surface area contributed by atoms with Crippen LogP contribution in [-0.4, -0.2) is 38.1 Å². The molecule has 1 amide bonds. The number of benzene rings is 2. The van der Waals surface area contributed by atoms with Crippen molar-refractivity contribution in [1.29, 1.82) is 0 Å². The Morgan fingerprint density at radius 1 is 1.21 bits per heavy atom. The summed E-state index contributed by atoms with van der Waals surface area (Å²) < 4.78 is 5.75. The summed E-state index contributed by atoms with van der Waals surface area (Å²) in [6.45, 7) is 2.29. The normalized spacial score (nSPS) is 10.8. The van der Waals surface area contributed by atoms with Gasteiger partial charge in [0.1, 0.15) is 5.76 Å². The first kappa shape index (κ1) is 18.8. The Labute approximate surface area is 171 Å². The number of oxazole rings is 1. The fraction of sp³-hybridized carbons (Fsp3) is 0.150. The van der Waals surface area contributed by atoms with E-state index in [0.29, 0.717) is 40.8 Å². The standard InChI is InChI=1S/C20H17ClN6O2/c1-12-17(23-20(29-12)13-5-3-2-4-6-13)9-10-22-19(28)14-7-8-15(16(21)11-14)18-24-26-27-25-18/h2-8,11H,9-10H2,1H3,(H,22,28)(H,24,25,26,27). The van der Waals surface area contributed by atoms with E-state index >= 15 is 0 Å². The van der Waals surface area contributed by atoms with E-state index < -0.39 is 0 Å². The second-order valence-corrected chi connectivity index (χ2v) is 6.73. The Bertz CT molecular complexity index is 1130. The number of hydrogen-bond donors (Lipinski definition) is 2. The zero-order valence-electron chi connectivity index (χ0n) is 15.5. The highest BCUT2D eigenvalue weighted by Crippen LogP contribution is 2.25. The molecule has 8 nitrogen and oxygen atoms in total. The predicted molar refractivity (Wildman–Crippen MR) is 107 cm³/mol. The summed E-state index contributed by atoms with van der Waals surface area (Å²) in [7, 11) is 0. The number of nitrogens with zero attached hydrogens (tertiary/aromatic N) is 4. The Morgan fingerprint density at radius 3 is 2.76 bits per heavy atom. The number of aryl methyl sites for hydroxylation is 1. The highest BCUT2D eigenvalue weighted by atomic mass is 35.5. The van der Waals surface area contributed by atoms with Crippen molar-refractivity contribution < 1.29 is 9.21 Å². The van der Waals surface area contributed by atoms with Crippen LogP contribution in [0.1, 0.15) is 21.8 Å². The summed E-state index contributed by atoms with van der Waals surface area (Å²) in [6, 6.07) is 14.6. The molecule has 4 aromatic rings. The van der Waals surface area contributed by atoms with Gasteiger partial charge < -0.3 is 9.73 Å². The van der Waals surface area contributed by atoms with Gasteiger partial charge in [0.05, 0.1) is 10.7 Å². The molecule has 0 saturated heterocycles. The van der Waals surface area contributed by atoms with E-state index in [2.05, 4.69) is 30.9 Å². The van der Waals surface area contributed by atoms with Gasteiger partial charge in [-0.1, -0.05) is 29.8 Å². The number of tetrazole rings is 1. The molecule has 0 radical (unpaired) electrons. The van der Waals surface area contributed by atoms with Crippen molar-refractivity contribution in [3.8, 4) is 22.8 Å². The SMILES string of the molecule is Cc1oc(-c2ccccc2)nc1CCNC(=O)c1ccc(-c2nn[nH]n2)c(Cl)c1. The summed E-state index contributed by atoms with van der Waals surface area (Å²) in [5, 5.41) is 16.9. The lowest BCUT2D eigenvalue weighted by molar-refractivity contribution is 0.0954. The van der Waals surface area contributed by atoms with Crippen LogP contribution in [0.15, 0.2) is 52.9 Å². The topological polar surface area (TPSA) is 110 Å². The van der Waals surface area contributed by atoms with Crippen molar-refractivity contribution >= 4 is 17.5 Å². The monoisotopic (exact) mass is 408 g/mol. The van der Waals surface area contributed by atoms with Crippen LogP contribution in [-0.2, 0) is 6.42 Å². The van der Waals surface area contributed by atoms with Gasteiger partial charge in [-0.3, -0.25) is 4.79 Å². The van der Waals surface area contributed by atoms with Gasteiger partial charge in [-0.2, -0.15) is 5.21 Å². The Balaban J connectivity index is 1.38. The molecule has 2 aromatic heterocycles. The zero-order valence-corrected chi connectivity index (χ0v) is 16.3. The molecule has 2 heterocycles. The van der Waals surface area contributed by atoms with Gasteiger partial charge in [-0.05, 0) is 42.5 Å². The van der Waals surface area contributed by atoms with Crippen LogP contribution in [0, 0.1) is 6.92 Å². The Morgan fingerprint density at radius 2 is 2.03 bits per heavy atom. The van der Waals surface area contributed by atoms with E-state index in [1.54, 1.807) is 18.2 Å². The lowest BCUT2D eigenvalue weighted by Gasteiger charge is -2.06. The van der Waals surface area contributed by atoms with Gasteiger partial charge in [-0.25, -0.2) is 4.98 Å². The van der Waals surface area contributed by atoms with Crippen LogP contribution in [0.5, 0.6) is 0 Å². The Hall–Kier alpha value is -3.52. The first-order chi connectivity index (χ1) is 14.1. The van der Waals surface area contributed by atoms with Gasteiger partial charge >= 0.3 is 0 Å². The first-order valence-electron chi connectivity index (χ1n) is 8.95. The lowest BCUT2D eigenvalue weighted by Crippen LogP contribution is -2.25. The molecular formula is C20H17ClN6O2. The quantitative estimate of drug-likeness (QED) is 0.505. The number of amides is 1. The smallest absolute Gasteiger partial charge is 0.251 e. The number of carbonyl (C=O) groups is 1. The van der Waals surface area contributed by atoms with Gasteiger partial charge in [0.2, 0.25) is 11.7 Å². The van der Waals surface area contributed by atoms with Crippen molar-refractivity contribution in [1.82, 2.24) is 30.9 Å². The number of halogens is 1. The van der Waals surface area contributed by atoms with Crippen LogP contribution in [0.3, 0.4) is 0 Å². The number of aromatic amines is 1. The predicted octanol–water partition coefficient (Wildman–Crippen LogP) is 3.46. The highest BCUT2D eigenvalue weighted by Gasteiger charge is 2.14. The van der Waals surface area contributed by atoms with E-state index in [1.807, 2.05) is 37.3 Å². The van der Waals surface area contributed by atoms with E-state index in [-0.39, 0.29) is 5.91 Å². The van der Waals surface area contributed by atoms with E-state index in [4.69, 9.17) is 16.0 Å². The fourth-order valence-corrected chi connectivity index (χ4v) is 3.14. The average Bonchev–Trinajstić information content (AvgIpc) is 3.39. The molecule has 146 valence electrons. The number of nitrogens with one attached hydrogen (secondary N) is 2. The third kappa shape index (κ3) is 4.17. The molecule has 2 N–H and O–H groups in total. The van der Waals surface area contributed by atoms with Crippen LogP contribution in [0.4, 0.5) is 0 Å². The maximum atomic E-state index is 12.4. The summed E-state index contributed by atoms with van der Waals surface area (Å²) >= 11 is 6.25. The molecule has 0 spiro atoms. The summed E-state index contributed by atoms with van der Waals surface area (Å²) in [5.74, 6) is 1.47. The molecule has 0 atom stereocenters. The van der Waals surface area contributed by atoms with Crippen molar-refractivity contribution in [3.63, 3.8) is 0 Å². The maximum absolute atomic E-state index is 12.4. The van der Waals surface area contributed by atoms with Crippen molar-refractivity contribution in [2.45, 2.75) is 13.3 Å². The van der Waals surface area contributed by atoms with Gasteiger partial charge in [-0.15, -0.1) is 10.2 Å². The van der Waals surface area contributed by atoms with E-state index in [0.717, 1.165) is 17.0 Å². The minimum Gasteiger partial charge on any atom is -0.441 e. The second kappa shape index (κ2) is 8.24. The number of carbonyl (C=O) groups excluding carboxylic acids is 1. The molecule has 0 aliphatic heterocycles. The van der Waals surface area contributed by atoms with Crippen molar-refractivity contribution in [3.05, 3.63) is 70.6 Å². The fourth-order valence-electron chi connectivity index (χ4n) is 2.87. The van der Waals surface area contributed by atoms with Crippen molar-refractivity contribution in [2.75, 3.05) is 6.54 Å². The minimum atomic E-state index is -0.226. The lowest BCUT2D eigenvalue weighted by atomic mass is 10.1. The first-order valence-corrected chi connectivity index (χ1v) is 9.33. The molecule has 0 saturated carbocycles. The van der Waals surface area contributed by atoms with Crippen LogP contribution < -0.4 is 5.32 Å².